The molecule has 12 heteroatoms. The summed E-state index contributed by atoms with van der Waals surface area (Å²) in [4.78, 5) is 85.0. The van der Waals surface area contributed by atoms with Gasteiger partial charge in [0.2, 0.25) is 17.7 Å². The third-order valence-electron chi connectivity index (χ3n) is 11.8. The lowest BCUT2D eigenvalue weighted by molar-refractivity contribution is -0.143. The predicted octanol–water partition coefficient (Wildman–Crippen LogP) is 7.40. The van der Waals surface area contributed by atoms with Crippen LogP contribution in [-0.4, -0.2) is 65.1 Å². The maximum Gasteiger partial charge on any atom is 0.326 e. The minimum Gasteiger partial charge on any atom is -0.486 e. The lowest BCUT2D eigenvalue weighted by Crippen LogP contribution is -2.54. The van der Waals surface area contributed by atoms with E-state index in [1.54, 1.807) is 24.3 Å². The Balaban J connectivity index is 1.21. The Hall–Kier alpha value is -7.18. The van der Waals surface area contributed by atoms with Crippen LogP contribution >= 0.6 is 11.3 Å². The maximum absolute atomic E-state index is 14.7. The largest absolute Gasteiger partial charge is 0.486 e. The van der Waals surface area contributed by atoms with Gasteiger partial charge in [0.05, 0.1) is 6.04 Å². The van der Waals surface area contributed by atoms with Gasteiger partial charge in [0.25, 0.3) is 0 Å². The number of amides is 3. The Morgan fingerprint density at radius 2 is 1.24 bits per heavy atom. The number of hydrogen-bond acceptors (Lipinski definition) is 8. The van der Waals surface area contributed by atoms with Crippen molar-refractivity contribution in [3.63, 3.8) is 0 Å². The molecule has 6 aromatic rings. The summed E-state index contributed by atoms with van der Waals surface area (Å²) in [6, 6.07) is 43.1. The quantitative estimate of drug-likeness (QED) is 0.0931. The molecule has 0 saturated carbocycles. The molecule has 0 radical (unpaired) electrons. The fourth-order valence-electron chi connectivity index (χ4n) is 8.14. The van der Waals surface area contributed by atoms with E-state index in [1.807, 2.05) is 133 Å². The van der Waals surface area contributed by atoms with Gasteiger partial charge in [0.1, 0.15) is 24.4 Å². The van der Waals surface area contributed by atoms with Crippen molar-refractivity contribution in [2.24, 2.45) is 11.8 Å². The van der Waals surface area contributed by atoms with Crippen molar-refractivity contribution in [3.05, 3.63) is 184 Å². The van der Waals surface area contributed by atoms with E-state index in [1.165, 1.54) is 11.3 Å². The first kappa shape index (κ1) is 46.8. The first-order valence-electron chi connectivity index (χ1n) is 22.2. The molecule has 0 fully saturated rings. The molecule has 1 aromatic heterocycles. The average molecular weight is 904 g/mol. The van der Waals surface area contributed by atoms with Crippen LogP contribution in [-0.2, 0) is 60.9 Å². The summed E-state index contributed by atoms with van der Waals surface area (Å²) in [6.07, 6.45) is 0.537. The van der Waals surface area contributed by atoms with Crippen molar-refractivity contribution in [2.45, 2.75) is 69.5 Å². The molecule has 5 aromatic carbocycles. The number of aryl methyl sites for hydroxylation is 1. The Morgan fingerprint density at radius 1 is 0.636 bits per heavy atom. The molecule has 66 heavy (non-hydrogen) atoms. The predicted molar refractivity (Wildman–Crippen MR) is 254 cm³/mol. The fourth-order valence-corrected chi connectivity index (χ4v) is 8.93. The number of aliphatic carboxylic acids is 1. The molecule has 0 aliphatic carbocycles. The van der Waals surface area contributed by atoms with Gasteiger partial charge in [0.15, 0.2) is 11.6 Å². The number of ketones is 2. The van der Waals surface area contributed by atoms with Crippen LogP contribution in [0.15, 0.2) is 157 Å². The number of hydrogen-bond donors (Lipinski definition) is 4. The van der Waals surface area contributed by atoms with Gasteiger partial charge in [-0.3, -0.25) is 24.0 Å². The fraction of sp³-hybridized carbons (Fsp3) is 0.259. The summed E-state index contributed by atoms with van der Waals surface area (Å²) in [5.74, 6) is -5.15. The van der Waals surface area contributed by atoms with Gasteiger partial charge in [-0.1, -0.05) is 133 Å². The summed E-state index contributed by atoms with van der Waals surface area (Å²) in [7, 11) is 0. The lowest BCUT2D eigenvalue weighted by atomic mass is 9.89. The topological polar surface area (TPSA) is 168 Å². The molecule has 0 saturated heterocycles. The van der Waals surface area contributed by atoms with Crippen molar-refractivity contribution in [1.29, 1.82) is 0 Å². The van der Waals surface area contributed by atoms with E-state index < -0.39 is 59.4 Å². The Labute approximate surface area is 388 Å². The second-order valence-electron chi connectivity index (χ2n) is 16.7. The number of Topliss-reactive ketones (excluding diaryl/α,β-unsaturated/α-hetero) is 2. The molecule has 3 heterocycles. The molecule has 338 valence electrons. The van der Waals surface area contributed by atoms with Crippen molar-refractivity contribution in [3.8, 4) is 16.9 Å². The summed E-state index contributed by atoms with van der Waals surface area (Å²) in [5.41, 5.74) is 5.08. The van der Waals surface area contributed by atoms with E-state index in [-0.39, 0.29) is 57.3 Å². The highest BCUT2D eigenvalue weighted by atomic mass is 32.1. The lowest BCUT2D eigenvalue weighted by Gasteiger charge is -2.26. The highest BCUT2D eigenvalue weighted by Crippen LogP contribution is 2.24. The minimum atomic E-state index is -1.23. The number of carbonyl (C=O) groups excluding carboxylic acids is 5. The van der Waals surface area contributed by atoms with Gasteiger partial charge in [-0.2, -0.15) is 0 Å². The van der Waals surface area contributed by atoms with Crippen LogP contribution < -0.4 is 20.7 Å². The minimum absolute atomic E-state index is 0.0653. The summed E-state index contributed by atoms with van der Waals surface area (Å²) in [6.45, 7) is -0.300. The number of thiophene rings is 1. The zero-order valence-corrected chi connectivity index (χ0v) is 37.3. The van der Waals surface area contributed by atoms with Gasteiger partial charge in [-0.05, 0) is 89.1 Å². The van der Waals surface area contributed by atoms with Crippen LogP contribution in [0.3, 0.4) is 0 Å². The first-order chi connectivity index (χ1) is 32.1. The molecule has 0 unspecified atom stereocenters. The number of ether oxygens (including phenoxy) is 1. The van der Waals surface area contributed by atoms with E-state index in [4.69, 9.17) is 4.74 Å². The monoisotopic (exact) mass is 903 g/mol. The van der Waals surface area contributed by atoms with Crippen molar-refractivity contribution >= 4 is 46.6 Å². The molecule has 11 nitrogen and oxygen atoms in total. The number of fused-ring (bicyclic) bond motifs is 16. The molecule has 0 spiro atoms. The molecular weight excluding hydrogens is 851 g/mol. The second-order valence-corrected chi connectivity index (χ2v) is 17.8. The third-order valence-corrected chi connectivity index (χ3v) is 12.7. The molecule has 8 rings (SSSR count). The van der Waals surface area contributed by atoms with E-state index in [0.29, 0.717) is 17.7 Å². The number of rotatable bonds is 13. The normalized spacial score (nSPS) is 19.0. The van der Waals surface area contributed by atoms with E-state index >= 15 is 0 Å². The van der Waals surface area contributed by atoms with Gasteiger partial charge >= 0.3 is 5.97 Å². The van der Waals surface area contributed by atoms with Crippen molar-refractivity contribution < 1.29 is 38.6 Å². The molecule has 3 amide bonds. The van der Waals surface area contributed by atoms with Gasteiger partial charge < -0.3 is 25.8 Å². The van der Waals surface area contributed by atoms with Crippen LogP contribution in [0.4, 0.5) is 0 Å². The Bertz CT molecular complexity index is 2550. The van der Waals surface area contributed by atoms with E-state index in [2.05, 4.69) is 16.0 Å². The van der Waals surface area contributed by atoms with Crippen LogP contribution in [0.5, 0.6) is 5.75 Å². The number of carbonyl (C=O) groups is 6. The molecular formula is C54H53N3O8S. The smallest absolute Gasteiger partial charge is 0.326 e. The van der Waals surface area contributed by atoms with E-state index in [0.717, 1.165) is 32.7 Å². The molecule has 5 atom stereocenters. The van der Waals surface area contributed by atoms with Crippen LogP contribution in [0.25, 0.3) is 11.1 Å². The highest BCUT2D eigenvalue weighted by molar-refractivity contribution is 7.09. The summed E-state index contributed by atoms with van der Waals surface area (Å²) >= 11 is 1.47. The molecule has 2 bridgehead atoms. The van der Waals surface area contributed by atoms with Gasteiger partial charge in [-0.15, -0.1) is 11.3 Å². The average Bonchev–Trinajstić information content (AvgIpc) is 3.85. The van der Waals surface area contributed by atoms with Crippen LogP contribution in [0, 0.1) is 11.8 Å². The second kappa shape index (κ2) is 23.1. The van der Waals surface area contributed by atoms with Gasteiger partial charge in [0, 0.05) is 36.0 Å². The van der Waals surface area contributed by atoms with Crippen molar-refractivity contribution in [1.82, 2.24) is 16.0 Å². The highest BCUT2D eigenvalue weighted by Gasteiger charge is 2.34. The zero-order chi connectivity index (χ0) is 46.3. The number of nitrogens with one attached hydrogen (secondary N) is 3. The third kappa shape index (κ3) is 13.7. The standard InChI is InChI=1S/C54H53N3O8S/c58-44-32-43(33-46-17-10-28-66-46)52(61)57-49(31-39-18-23-41(24-19-39)40-15-8-3-9-16-40)53(62)56-48(30-37-13-6-2-7-14-37)50(59)34-42(29-38-20-25-45(26-21-38)65-35-44)51(60)55-47(54(63)64)27-22-36-11-4-1-5-12-36/h1-21,23-26,28,42-43,47-49H,22,27,29-35H2,(H,55,60)(H,56,62)(H,57,61)(H,63,64)/t42-,43+,47+,48+,49-/m1/s1. The summed E-state index contributed by atoms with van der Waals surface area (Å²) < 4.78 is 5.88. The first-order valence-corrected chi connectivity index (χ1v) is 23.1. The molecule has 2 aliphatic heterocycles. The zero-order valence-electron chi connectivity index (χ0n) is 36.5. The van der Waals surface area contributed by atoms with Gasteiger partial charge in [-0.25, -0.2) is 4.79 Å². The Morgan fingerprint density at radius 3 is 1.89 bits per heavy atom. The SMILES string of the molecule is O=C1COc2ccc(cc2)C[C@@H](C(=O)N[C@@H](CCc2ccccc2)C(=O)O)CC(=O)[C@H](Cc2ccccc2)NC(=O)[C@@H](Cc2ccc(-c3ccccc3)cc2)NC(=O)[C@H](Cc2cccs2)C1. The maximum atomic E-state index is 14.7. The van der Waals surface area contributed by atoms with Crippen molar-refractivity contribution in [2.75, 3.05) is 6.61 Å². The van der Waals surface area contributed by atoms with Crippen LogP contribution in [0.1, 0.15) is 46.4 Å². The number of carboxylic acid groups (broad SMARTS) is 1. The molecule has 4 N–H and O–H groups in total. The number of carboxylic acids is 1. The Kier molecular flexibility index (Phi) is 16.4. The summed E-state index contributed by atoms with van der Waals surface area (Å²) in [5, 5.41) is 20.7. The van der Waals surface area contributed by atoms with Crippen LogP contribution in [0.2, 0.25) is 0 Å². The number of benzene rings is 5. The molecule has 2 aliphatic rings. The van der Waals surface area contributed by atoms with E-state index in [9.17, 15) is 33.9 Å².